The lowest BCUT2D eigenvalue weighted by molar-refractivity contribution is 0.0733. The molecule has 1 saturated carbocycles. The molecule has 0 aromatic carbocycles. The number of pyridine rings is 1. The molecule has 29 heavy (non-hydrogen) atoms. The van der Waals surface area contributed by atoms with E-state index in [1.807, 2.05) is 24.0 Å². The lowest BCUT2D eigenvalue weighted by Crippen LogP contribution is -2.36. The number of hydrogen-bond donors (Lipinski definition) is 1. The molecule has 3 aromatic heterocycles. The standard InChI is InChI=1S/C21H23N5O3/c1-12-16(17-18(25-21(2)7-8-21)22-11-23-19(17)29-12)20(27)26-9-6-14-13(10-26)4-5-15(24-14)28-3/h4-5,11H,6-10H2,1-3H3,(H,22,23,25). The Morgan fingerprint density at radius 3 is 2.90 bits per heavy atom. The van der Waals surface area contributed by atoms with E-state index < -0.39 is 0 Å². The quantitative estimate of drug-likeness (QED) is 0.728. The molecule has 1 aliphatic heterocycles. The molecule has 0 bridgehead atoms. The van der Waals surface area contributed by atoms with Crippen LogP contribution in [-0.2, 0) is 13.0 Å². The van der Waals surface area contributed by atoms with Crippen molar-refractivity contribution in [1.29, 1.82) is 0 Å². The Labute approximate surface area is 168 Å². The van der Waals surface area contributed by atoms with E-state index >= 15 is 0 Å². The fraction of sp³-hybridized carbons (Fsp3) is 0.429. The molecule has 0 radical (unpaired) electrons. The second-order valence-corrected chi connectivity index (χ2v) is 8.06. The van der Waals surface area contributed by atoms with Gasteiger partial charge in [0, 0.05) is 31.1 Å². The zero-order valence-electron chi connectivity index (χ0n) is 16.8. The number of hydrogen-bond acceptors (Lipinski definition) is 7. The first-order valence-corrected chi connectivity index (χ1v) is 9.82. The lowest BCUT2D eigenvalue weighted by atomic mass is 10.0. The highest BCUT2D eigenvalue weighted by Gasteiger charge is 2.39. The number of nitrogens with zero attached hydrogens (tertiary/aromatic N) is 4. The van der Waals surface area contributed by atoms with Crippen molar-refractivity contribution < 1.29 is 13.9 Å². The number of methoxy groups -OCH3 is 1. The van der Waals surface area contributed by atoms with E-state index in [0.29, 0.717) is 53.6 Å². The third-order valence-corrected chi connectivity index (χ3v) is 5.82. The Morgan fingerprint density at radius 2 is 2.14 bits per heavy atom. The summed E-state index contributed by atoms with van der Waals surface area (Å²) in [6.07, 6.45) is 4.33. The van der Waals surface area contributed by atoms with Crippen molar-refractivity contribution in [2.75, 3.05) is 19.0 Å². The second kappa shape index (κ2) is 6.43. The molecule has 4 heterocycles. The van der Waals surface area contributed by atoms with Gasteiger partial charge < -0.3 is 19.4 Å². The molecule has 0 atom stereocenters. The number of nitrogens with one attached hydrogen (secondary N) is 1. The molecule has 3 aromatic rings. The minimum absolute atomic E-state index is 0.0293. The number of fused-ring (bicyclic) bond motifs is 2. The first-order chi connectivity index (χ1) is 14.0. The van der Waals surface area contributed by atoms with Crippen LogP contribution in [0.1, 0.15) is 47.1 Å². The molecule has 8 heteroatoms. The minimum Gasteiger partial charge on any atom is -0.481 e. The average Bonchev–Trinajstić information content (AvgIpc) is 3.34. The number of aryl methyl sites for hydroxylation is 1. The molecule has 1 N–H and O–H groups in total. The van der Waals surface area contributed by atoms with Crippen LogP contribution in [0.2, 0.25) is 0 Å². The molecule has 1 fully saturated rings. The van der Waals surface area contributed by atoms with Crippen LogP contribution in [-0.4, -0.2) is 45.0 Å². The van der Waals surface area contributed by atoms with E-state index in [2.05, 4.69) is 27.2 Å². The zero-order chi connectivity index (χ0) is 20.2. The summed E-state index contributed by atoms with van der Waals surface area (Å²) in [6, 6.07) is 3.81. The number of aromatic nitrogens is 3. The molecule has 0 saturated heterocycles. The average molecular weight is 393 g/mol. The van der Waals surface area contributed by atoms with Crippen molar-refractivity contribution in [3.8, 4) is 5.88 Å². The van der Waals surface area contributed by atoms with Gasteiger partial charge in [0.2, 0.25) is 11.6 Å². The summed E-state index contributed by atoms with van der Waals surface area (Å²) in [7, 11) is 1.61. The number of amides is 1. The fourth-order valence-corrected chi connectivity index (χ4v) is 3.84. The third-order valence-electron chi connectivity index (χ3n) is 5.82. The Morgan fingerprint density at radius 1 is 1.31 bits per heavy atom. The van der Waals surface area contributed by atoms with Crippen LogP contribution in [0.15, 0.2) is 22.9 Å². The van der Waals surface area contributed by atoms with E-state index in [1.54, 1.807) is 7.11 Å². The van der Waals surface area contributed by atoms with Crippen LogP contribution in [0, 0.1) is 6.92 Å². The number of rotatable bonds is 4. The van der Waals surface area contributed by atoms with Gasteiger partial charge in [-0.1, -0.05) is 6.07 Å². The smallest absolute Gasteiger partial charge is 0.258 e. The first kappa shape index (κ1) is 17.9. The number of ether oxygens (including phenoxy) is 1. The van der Waals surface area contributed by atoms with Crippen LogP contribution in [0.3, 0.4) is 0 Å². The number of carbonyl (C=O) groups excluding carboxylic acids is 1. The van der Waals surface area contributed by atoms with Crippen LogP contribution in [0.25, 0.3) is 11.1 Å². The van der Waals surface area contributed by atoms with E-state index in [0.717, 1.165) is 24.1 Å². The molecular weight excluding hydrogens is 370 g/mol. The summed E-state index contributed by atoms with van der Waals surface area (Å²) in [5.41, 5.74) is 3.03. The van der Waals surface area contributed by atoms with Crippen molar-refractivity contribution in [1.82, 2.24) is 19.9 Å². The molecule has 1 aliphatic carbocycles. The molecular formula is C21H23N5O3. The largest absolute Gasteiger partial charge is 0.481 e. The maximum atomic E-state index is 13.5. The SMILES string of the molecule is COc1ccc2c(n1)CCN(C(=O)c1c(C)oc3ncnc(NC4(C)CC4)c13)C2. The van der Waals surface area contributed by atoms with Crippen LogP contribution in [0.4, 0.5) is 5.82 Å². The highest BCUT2D eigenvalue weighted by Crippen LogP contribution is 2.40. The van der Waals surface area contributed by atoms with Gasteiger partial charge in [-0.2, -0.15) is 0 Å². The number of furan rings is 1. The molecule has 0 unspecified atom stereocenters. The Bertz CT molecular complexity index is 1120. The second-order valence-electron chi connectivity index (χ2n) is 8.06. The molecule has 5 rings (SSSR count). The predicted octanol–water partition coefficient (Wildman–Crippen LogP) is 3.10. The normalized spacial score (nSPS) is 17.1. The topological polar surface area (TPSA) is 93.4 Å². The van der Waals surface area contributed by atoms with Gasteiger partial charge in [0.05, 0.1) is 23.8 Å². The predicted molar refractivity (Wildman–Crippen MR) is 107 cm³/mol. The Hall–Kier alpha value is -3.16. The summed E-state index contributed by atoms with van der Waals surface area (Å²) >= 11 is 0. The Balaban J connectivity index is 1.50. The summed E-state index contributed by atoms with van der Waals surface area (Å²) in [6.45, 7) is 5.05. The highest BCUT2D eigenvalue weighted by molar-refractivity contribution is 6.10. The van der Waals surface area contributed by atoms with Crippen LogP contribution < -0.4 is 10.1 Å². The van der Waals surface area contributed by atoms with E-state index in [1.165, 1.54) is 6.33 Å². The van der Waals surface area contributed by atoms with Crippen LogP contribution in [0.5, 0.6) is 5.88 Å². The molecule has 0 spiro atoms. The zero-order valence-corrected chi connectivity index (χ0v) is 16.8. The highest BCUT2D eigenvalue weighted by atomic mass is 16.5. The van der Waals surface area contributed by atoms with Crippen molar-refractivity contribution in [2.45, 2.75) is 45.2 Å². The molecule has 2 aliphatic rings. The van der Waals surface area contributed by atoms with Gasteiger partial charge in [-0.15, -0.1) is 0 Å². The van der Waals surface area contributed by atoms with Gasteiger partial charge >= 0.3 is 0 Å². The van der Waals surface area contributed by atoms with Gasteiger partial charge in [-0.25, -0.2) is 15.0 Å². The Kier molecular flexibility index (Phi) is 3.97. The van der Waals surface area contributed by atoms with Gasteiger partial charge in [0.25, 0.3) is 5.91 Å². The molecule has 8 nitrogen and oxygen atoms in total. The van der Waals surface area contributed by atoms with Gasteiger partial charge in [-0.05, 0) is 32.3 Å². The van der Waals surface area contributed by atoms with Crippen molar-refractivity contribution in [2.24, 2.45) is 0 Å². The van der Waals surface area contributed by atoms with Crippen molar-refractivity contribution in [3.63, 3.8) is 0 Å². The van der Waals surface area contributed by atoms with Crippen molar-refractivity contribution in [3.05, 3.63) is 41.0 Å². The van der Waals surface area contributed by atoms with Crippen LogP contribution >= 0.6 is 0 Å². The summed E-state index contributed by atoms with van der Waals surface area (Å²) in [5.74, 6) is 1.76. The summed E-state index contributed by atoms with van der Waals surface area (Å²) in [4.78, 5) is 28.5. The number of carbonyl (C=O) groups is 1. The lowest BCUT2D eigenvalue weighted by Gasteiger charge is -2.28. The van der Waals surface area contributed by atoms with E-state index in [4.69, 9.17) is 9.15 Å². The van der Waals surface area contributed by atoms with E-state index in [9.17, 15) is 4.79 Å². The number of anilines is 1. The monoisotopic (exact) mass is 393 g/mol. The van der Waals surface area contributed by atoms with Gasteiger partial charge in [0.1, 0.15) is 17.9 Å². The first-order valence-electron chi connectivity index (χ1n) is 9.82. The van der Waals surface area contributed by atoms with Crippen molar-refractivity contribution >= 4 is 22.8 Å². The van der Waals surface area contributed by atoms with E-state index in [-0.39, 0.29) is 11.4 Å². The minimum atomic E-state index is -0.0680. The molecule has 1 amide bonds. The maximum Gasteiger partial charge on any atom is 0.258 e. The summed E-state index contributed by atoms with van der Waals surface area (Å²) in [5, 5.41) is 4.14. The third kappa shape index (κ3) is 3.08. The maximum absolute atomic E-state index is 13.5. The summed E-state index contributed by atoms with van der Waals surface area (Å²) < 4.78 is 11.0. The van der Waals surface area contributed by atoms with Gasteiger partial charge in [0.15, 0.2) is 0 Å². The fourth-order valence-electron chi connectivity index (χ4n) is 3.84. The molecule has 150 valence electrons. The van der Waals surface area contributed by atoms with Gasteiger partial charge in [-0.3, -0.25) is 4.79 Å².